The number of primary amides is 1. The van der Waals surface area contributed by atoms with Crippen LogP contribution in [-0.4, -0.2) is 42.4 Å². The molecule has 1 aromatic rings. The zero-order chi connectivity index (χ0) is 15.6. The third kappa shape index (κ3) is 3.52. The highest BCUT2D eigenvalue weighted by atomic mass is 19.4. The van der Waals surface area contributed by atoms with Crippen LogP contribution >= 0.6 is 0 Å². The molecule has 1 heterocycles. The topological polar surface area (TPSA) is 75.4 Å². The van der Waals surface area contributed by atoms with E-state index in [1.807, 2.05) is 0 Å². The van der Waals surface area contributed by atoms with Gasteiger partial charge in [0.1, 0.15) is 6.04 Å². The lowest BCUT2D eigenvalue weighted by Crippen LogP contribution is -2.57. The minimum atomic E-state index is -4.44. The first-order valence-electron chi connectivity index (χ1n) is 6.28. The lowest BCUT2D eigenvalue weighted by Gasteiger charge is -2.32. The van der Waals surface area contributed by atoms with Crippen LogP contribution in [0.3, 0.4) is 0 Å². The molecule has 8 heteroatoms. The van der Waals surface area contributed by atoms with Gasteiger partial charge in [0, 0.05) is 25.2 Å². The number of alkyl halides is 3. The second-order valence-electron chi connectivity index (χ2n) is 4.74. The Morgan fingerprint density at radius 1 is 1.24 bits per heavy atom. The summed E-state index contributed by atoms with van der Waals surface area (Å²) in [6.07, 6.45) is -4.44. The molecule has 3 N–H and O–H groups in total. The molecule has 2 amide bonds. The van der Waals surface area contributed by atoms with Gasteiger partial charge in [0.2, 0.25) is 5.91 Å². The van der Waals surface area contributed by atoms with Gasteiger partial charge in [0.25, 0.3) is 5.91 Å². The van der Waals surface area contributed by atoms with Crippen molar-refractivity contribution in [1.29, 1.82) is 0 Å². The Bertz CT molecular complexity index is 543. The fraction of sp³-hybridized carbons (Fsp3) is 0.385. The molecule has 21 heavy (non-hydrogen) atoms. The maximum absolute atomic E-state index is 12.5. The molecule has 0 radical (unpaired) electrons. The van der Waals surface area contributed by atoms with Crippen molar-refractivity contribution in [2.75, 3.05) is 19.6 Å². The second kappa shape index (κ2) is 5.72. The van der Waals surface area contributed by atoms with Crippen molar-refractivity contribution in [3.8, 4) is 0 Å². The SMILES string of the molecule is NC(=O)[C@@H]1CN(C(=O)c2ccc(C(F)(F)F)cc2)CCN1. The molecular weight excluding hydrogens is 287 g/mol. The van der Waals surface area contributed by atoms with Crippen molar-refractivity contribution in [3.63, 3.8) is 0 Å². The van der Waals surface area contributed by atoms with E-state index in [0.29, 0.717) is 13.1 Å². The molecule has 0 aliphatic carbocycles. The summed E-state index contributed by atoms with van der Waals surface area (Å²) in [6, 6.07) is 3.35. The van der Waals surface area contributed by atoms with Gasteiger partial charge < -0.3 is 16.0 Å². The van der Waals surface area contributed by atoms with E-state index in [4.69, 9.17) is 5.73 Å². The predicted octanol–water partition coefficient (Wildman–Crippen LogP) is 0.605. The Balaban J connectivity index is 2.11. The molecule has 114 valence electrons. The van der Waals surface area contributed by atoms with Crippen LogP contribution in [0, 0.1) is 0 Å². The maximum Gasteiger partial charge on any atom is 0.416 e. The first-order chi connectivity index (χ1) is 9.79. The normalized spacial score (nSPS) is 19.4. The summed E-state index contributed by atoms with van der Waals surface area (Å²) >= 11 is 0. The largest absolute Gasteiger partial charge is 0.416 e. The number of hydrogen-bond donors (Lipinski definition) is 2. The van der Waals surface area contributed by atoms with Gasteiger partial charge >= 0.3 is 6.18 Å². The van der Waals surface area contributed by atoms with E-state index in [2.05, 4.69) is 5.32 Å². The Kier molecular flexibility index (Phi) is 4.17. The van der Waals surface area contributed by atoms with Crippen LogP contribution in [0.1, 0.15) is 15.9 Å². The predicted molar refractivity (Wildman–Crippen MR) is 68.3 cm³/mol. The van der Waals surface area contributed by atoms with Crippen LogP contribution in [0.5, 0.6) is 0 Å². The van der Waals surface area contributed by atoms with Gasteiger partial charge in [0.15, 0.2) is 0 Å². The number of benzene rings is 1. The van der Waals surface area contributed by atoms with E-state index in [9.17, 15) is 22.8 Å². The first kappa shape index (κ1) is 15.3. The van der Waals surface area contributed by atoms with Crippen LogP contribution < -0.4 is 11.1 Å². The molecule has 1 aliphatic heterocycles. The molecule has 0 bridgehead atoms. The molecule has 5 nitrogen and oxygen atoms in total. The number of carbonyl (C=O) groups excluding carboxylic acids is 2. The molecule has 0 unspecified atom stereocenters. The molecule has 0 saturated carbocycles. The average molecular weight is 301 g/mol. The molecule has 1 atom stereocenters. The van der Waals surface area contributed by atoms with Gasteiger partial charge in [-0.3, -0.25) is 9.59 Å². The number of nitrogens with one attached hydrogen (secondary N) is 1. The second-order valence-corrected chi connectivity index (χ2v) is 4.74. The fourth-order valence-corrected chi connectivity index (χ4v) is 2.11. The lowest BCUT2D eigenvalue weighted by atomic mass is 10.1. The van der Waals surface area contributed by atoms with Crippen molar-refractivity contribution >= 4 is 11.8 Å². The Morgan fingerprint density at radius 2 is 1.86 bits per heavy atom. The van der Waals surface area contributed by atoms with Crippen molar-refractivity contribution in [1.82, 2.24) is 10.2 Å². The van der Waals surface area contributed by atoms with Crippen LogP contribution in [0.15, 0.2) is 24.3 Å². The number of amides is 2. The molecule has 1 aromatic carbocycles. The Labute approximate surface area is 118 Å². The van der Waals surface area contributed by atoms with Gasteiger partial charge in [-0.2, -0.15) is 13.2 Å². The lowest BCUT2D eigenvalue weighted by molar-refractivity contribution is -0.137. The highest BCUT2D eigenvalue weighted by molar-refractivity contribution is 5.95. The van der Waals surface area contributed by atoms with Crippen LogP contribution in [0.25, 0.3) is 0 Å². The summed E-state index contributed by atoms with van der Waals surface area (Å²) in [4.78, 5) is 24.7. The van der Waals surface area contributed by atoms with Crippen LogP contribution in [-0.2, 0) is 11.0 Å². The number of rotatable bonds is 2. The van der Waals surface area contributed by atoms with E-state index < -0.39 is 29.6 Å². The third-order valence-electron chi connectivity index (χ3n) is 3.27. The average Bonchev–Trinajstić information content (AvgIpc) is 2.46. The minimum Gasteiger partial charge on any atom is -0.368 e. The number of nitrogens with zero attached hydrogens (tertiary/aromatic N) is 1. The quantitative estimate of drug-likeness (QED) is 0.840. The molecular formula is C13H14F3N3O2. The summed E-state index contributed by atoms with van der Waals surface area (Å²) in [6.45, 7) is 0.874. The standard InChI is InChI=1S/C13H14F3N3O2/c14-13(15,16)9-3-1-8(2-4-9)12(21)19-6-5-18-10(7-19)11(17)20/h1-4,10,18H,5-7H2,(H2,17,20)/t10-/m0/s1. The summed E-state index contributed by atoms with van der Waals surface area (Å²) in [5, 5.41) is 2.87. The van der Waals surface area contributed by atoms with E-state index in [0.717, 1.165) is 24.3 Å². The van der Waals surface area contributed by atoms with Crippen LogP contribution in [0.2, 0.25) is 0 Å². The van der Waals surface area contributed by atoms with Crippen molar-refractivity contribution in [2.24, 2.45) is 5.73 Å². The smallest absolute Gasteiger partial charge is 0.368 e. The third-order valence-corrected chi connectivity index (χ3v) is 3.27. The zero-order valence-corrected chi connectivity index (χ0v) is 11.0. The van der Waals surface area contributed by atoms with Gasteiger partial charge in [-0.1, -0.05) is 0 Å². The first-order valence-corrected chi connectivity index (χ1v) is 6.28. The zero-order valence-electron chi connectivity index (χ0n) is 11.0. The van der Waals surface area contributed by atoms with Crippen LogP contribution in [0.4, 0.5) is 13.2 Å². The number of carbonyl (C=O) groups is 2. The number of piperazine rings is 1. The molecule has 0 aromatic heterocycles. The molecule has 2 rings (SSSR count). The van der Waals surface area contributed by atoms with E-state index >= 15 is 0 Å². The van der Waals surface area contributed by atoms with Crippen molar-refractivity contribution < 1.29 is 22.8 Å². The Hall–Kier alpha value is -2.09. The van der Waals surface area contributed by atoms with E-state index in [1.54, 1.807) is 0 Å². The molecule has 1 saturated heterocycles. The van der Waals surface area contributed by atoms with E-state index in [1.165, 1.54) is 4.90 Å². The summed E-state index contributed by atoms with van der Waals surface area (Å²) in [5.41, 5.74) is 4.51. The van der Waals surface area contributed by atoms with Gasteiger partial charge in [-0.25, -0.2) is 0 Å². The van der Waals surface area contributed by atoms with Gasteiger partial charge in [-0.15, -0.1) is 0 Å². The van der Waals surface area contributed by atoms with Gasteiger partial charge in [0.05, 0.1) is 5.56 Å². The number of hydrogen-bond acceptors (Lipinski definition) is 3. The summed E-state index contributed by atoms with van der Waals surface area (Å²) in [7, 11) is 0. The highest BCUT2D eigenvalue weighted by Gasteiger charge is 2.31. The van der Waals surface area contributed by atoms with Crippen molar-refractivity contribution in [3.05, 3.63) is 35.4 Å². The molecule has 1 fully saturated rings. The summed E-state index contributed by atoms with van der Waals surface area (Å²) < 4.78 is 37.4. The molecule has 1 aliphatic rings. The van der Waals surface area contributed by atoms with Crippen molar-refractivity contribution in [2.45, 2.75) is 12.2 Å². The molecule has 0 spiro atoms. The monoisotopic (exact) mass is 301 g/mol. The fourth-order valence-electron chi connectivity index (χ4n) is 2.11. The maximum atomic E-state index is 12.5. The summed E-state index contributed by atoms with van der Waals surface area (Å²) in [5.74, 6) is -0.989. The number of nitrogens with two attached hydrogens (primary N) is 1. The minimum absolute atomic E-state index is 0.106. The van der Waals surface area contributed by atoms with Gasteiger partial charge in [-0.05, 0) is 24.3 Å². The number of halogens is 3. The van der Waals surface area contributed by atoms with E-state index in [-0.39, 0.29) is 12.1 Å². The Morgan fingerprint density at radius 3 is 2.38 bits per heavy atom. The highest BCUT2D eigenvalue weighted by Crippen LogP contribution is 2.29.